The van der Waals surface area contributed by atoms with Gasteiger partial charge in [0.2, 0.25) is 10.0 Å². The average Bonchev–Trinajstić information content (AvgIpc) is 2.42. The fourth-order valence-electron chi connectivity index (χ4n) is 2.42. The number of ether oxygens (including phenoxy) is 1. The molecule has 0 atom stereocenters. The summed E-state index contributed by atoms with van der Waals surface area (Å²) in [5, 5.41) is 0.376. The molecule has 0 aromatic heterocycles. The van der Waals surface area contributed by atoms with Crippen molar-refractivity contribution >= 4 is 33.2 Å². The SMILES string of the molecule is COc1c(S(=O)(=O)NC2CCCCC2)ccc(Cl)c1Cl. The summed E-state index contributed by atoms with van der Waals surface area (Å²) >= 11 is 11.9. The number of hydrogen-bond acceptors (Lipinski definition) is 3. The van der Waals surface area contributed by atoms with Crippen LogP contribution in [0.15, 0.2) is 17.0 Å². The second-order valence-corrected chi connectivity index (χ2v) is 7.32. The second kappa shape index (κ2) is 6.52. The van der Waals surface area contributed by atoms with Crippen LogP contribution in [0.25, 0.3) is 0 Å². The van der Waals surface area contributed by atoms with E-state index < -0.39 is 10.0 Å². The average molecular weight is 338 g/mol. The highest BCUT2D eigenvalue weighted by atomic mass is 35.5. The van der Waals surface area contributed by atoms with Crippen LogP contribution in [-0.2, 0) is 10.0 Å². The predicted molar refractivity (Wildman–Crippen MR) is 80.2 cm³/mol. The largest absolute Gasteiger partial charge is 0.494 e. The van der Waals surface area contributed by atoms with Crippen LogP contribution >= 0.6 is 23.2 Å². The first-order valence-corrected chi connectivity index (χ1v) is 8.74. The molecule has 1 N–H and O–H groups in total. The molecule has 1 saturated carbocycles. The van der Waals surface area contributed by atoms with Crippen LogP contribution in [0.4, 0.5) is 0 Å². The van der Waals surface area contributed by atoms with Gasteiger partial charge in [0.1, 0.15) is 9.92 Å². The normalized spacial score (nSPS) is 17.1. The molecule has 0 radical (unpaired) electrons. The molecule has 1 aromatic carbocycles. The zero-order chi connectivity index (χ0) is 14.8. The third-order valence-corrected chi connectivity index (χ3v) is 5.77. The molecule has 0 amide bonds. The molecule has 0 heterocycles. The van der Waals surface area contributed by atoms with Crippen molar-refractivity contribution in [2.75, 3.05) is 7.11 Å². The maximum absolute atomic E-state index is 12.5. The van der Waals surface area contributed by atoms with Crippen molar-refractivity contribution in [3.05, 3.63) is 22.2 Å². The Morgan fingerprint density at radius 2 is 1.85 bits per heavy atom. The van der Waals surface area contributed by atoms with E-state index in [0.29, 0.717) is 0 Å². The van der Waals surface area contributed by atoms with Crippen molar-refractivity contribution in [1.82, 2.24) is 4.72 Å². The number of rotatable bonds is 4. The Morgan fingerprint density at radius 3 is 2.45 bits per heavy atom. The summed E-state index contributed by atoms with van der Waals surface area (Å²) in [7, 11) is -2.29. The molecule has 2 rings (SSSR count). The molecule has 4 nitrogen and oxygen atoms in total. The van der Waals surface area contributed by atoms with Gasteiger partial charge in [0, 0.05) is 6.04 Å². The monoisotopic (exact) mass is 337 g/mol. The number of nitrogens with one attached hydrogen (secondary N) is 1. The molecule has 0 aliphatic heterocycles. The first kappa shape index (κ1) is 15.9. The first-order valence-electron chi connectivity index (χ1n) is 6.50. The Morgan fingerprint density at radius 1 is 1.20 bits per heavy atom. The van der Waals surface area contributed by atoms with Gasteiger partial charge in [0.05, 0.1) is 12.1 Å². The topological polar surface area (TPSA) is 55.4 Å². The third-order valence-electron chi connectivity index (χ3n) is 3.43. The van der Waals surface area contributed by atoms with Gasteiger partial charge in [-0.05, 0) is 25.0 Å². The van der Waals surface area contributed by atoms with Crippen LogP contribution in [0.3, 0.4) is 0 Å². The van der Waals surface area contributed by atoms with E-state index in [1.54, 1.807) is 0 Å². The fraction of sp³-hybridized carbons (Fsp3) is 0.538. The standard InChI is InChI=1S/C13H17Cl2NO3S/c1-19-13-11(8-7-10(14)12(13)15)20(17,18)16-9-5-3-2-4-6-9/h7-9,16H,2-6H2,1H3. The number of sulfonamides is 1. The van der Waals surface area contributed by atoms with E-state index in [9.17, 15) is 8.42 Å². The Kier molecular flexibility index (Phi) is 5.18. The lowest BCUT2D eigenvalue weighted by molar-refractivity contribution is 0.397. The summed E-state index contributed by atoms with van der Waals surface area (Å²) in [5.41, 5.74) is 0. The van der Waals surface area contributed by atoms with E-state index in [-0.39, 0.29) is 26.7 Å². The minimum absolute atomic E-state index is 0.0205. The van der Waals surface area contributed by atoms with Gasteiger partial charge in [-0.25, -0.2) is 13.1 Å². The van der Waals surface area contributed by atoms with Crippen LogP contribution in [0.1, 0.15) is 32.1 Å². The molecule has 1 aliphatic carbocycles. The summed E-state index contributed by atoms with van der Waals surface area (Å²) in [6.45, 7) is 0. The maximum Gasteiger partial charge on any atom is 0.244 e. The first-order chi connectivity index (χ1) is 9.45. The van der Waals surface area contributed by atoms with Crippen molar-refractivity contribution in [3.8, 4) is 5.75 Å². The predicted octanol–water partition coefficient (Wildman–Crippen LogP) is 3.61. The van der Waals surface area contributed by atoms with E-state index >= 15 is 0 Å². The molecular weight excluding hydrogens is 321 g/mol. The van der Waals surface area contributed by atoms with Crippen LogP contribution in [0.5, 0.6) is 5.75 Å². The highest BCUT2D eigenvalue weighted by molar-refractivity contribution is 7.89. The van der Waals surface area contributed by atoms with Crippen LogP contribution in [0.2, 0.25) is 10.0 Å². The lowest BCUT2D eigenvalue weighted by Crippen LogP contribution is -2.36. The highest BCUT2D eigenvalue weighted by Crippen LogP contribution is 2.37. The Bertz CT molecular complexity index is 584. The van der Waals surface area contributed by atoms with Crippen molar-refractivity contribution in [1.29, 1.82) is 0 Å². The maximum atomic E-state index is 12.5. The van der Waals surface area contributed by atoms with Crippen LogP contribution in [0, 0.1) is 0 Å². The quantitative estimate of drug-likeness (QED) is 0.912. The van der Waals surface area contributed by atoms with Gasteiger partial charge in [0.15, 0.2) is 5.75 Å². The summed E-state index contributed by atoms with van der Waals surface area (Å²) in [4.78, 5) is 0.0278. The second-order valence-electron chi connectivity index (χ2n) is 4.85. The zero-order valence-electron chi connectivity index (χ0n) is 11.2. The van der Waals surface area contributed by atoms with Crippen molar-refractivity contribution in [3.63, 3.8) is 0 Å². The van der Waals surface area contributed by atoms with Gasteiger partial charge in [-0.15, -0.1) is 0 Å². The number of hydrogen-bond donors (Lipinski definition) is 1. The van der Waals surface area contributed by atoms with E-state index in [1.165, 1.54) is 19.2 Å². The van der Waals surface area contributed by atoms with E-state index in [0.717, 1.165) is 32.1 Å². The smallest absolute Gasteiger partial charge is 0.244 e. The van der Waals surface area contributed by atoms with Gasteiger partial charge < -0.3 is 4.74 Å². The van der Waals surface area contributed by atoms with E-state index in [1.807, 2.05) is 0 Å². The number of halogens is 2. The van der Waals surface area contributed by atoms with E-state index in [4.69, 9.17) is 27.9 Å². The summed E-state index contributed by atoms with van der Waals surface area (Å²) in [5.74, 6) is 0.0856. The van der Waals surface area contributed by atoms with Gasteiger partial charge in [0.25, 0.3) is 0 Å². The molecule has 112 valence electrons. The molecule has 0 spiro atoms. The van der Waals surface area contributed by atoms with Crippen LogP contribution < -0.4 is 9.46 Å². The van der Waals surface area contributed by atoms with Crippen LogP contribution in [-0.4, -0.2) is 21.6 Å². The number of benzene rings is 1. The summed E-state index contributed by atoms with van der Waals surface area (Å²) < 4.78 is 32.7. The Labute approximate surface area is 129 Å². The molecule has 20 heavy (non-hydrogen) atoms. The minimum atomic E-state index is -3.66. The Balaban J connectivity index is 2.31. The molecule has 0 unspecified atom stereocenters. The van der Waals surface area contributed by atoms with E-state index in [2.05, 4.69) is 4.72 Å². The van der Waals surface area contributed by atoms with Crippen molar-refractivity contribution in [2.45, 2.75) is 43.0 Å². The molecule has 0 bridgehead atoms. The van der Waals surface area contributed by atoms with Crippen molar-refractivity contribution in [2.24, 2.45) is 0 Å². The lowest BCUT2D eigenvalue weighted by Gasteiger charge is -2.23. The third kappa shape index (κ3) is 3.39. The zero-order valence-corrected chi connectivity index (χ0v) is 13.5. The summed E-state index contributed by atoms with van der Waals surface area (Å²) in [6.07, 6.45) is 4.98. The summed E-state index contributed by atoms with van der Waals surface area (Å²) in [6, 6.07) is 2.85. The lowest BCUT2D eigenvalue weighted by atomic mass is 9.96. The highest BCUT2D eigenvalue weighted by Gasteiger charge is 2.26. The van der Waals surface area contributed by atoms with Gasteiger partial charge in [-0.1, -0.05) is 42.5 Å². The van der Waals surface area contributed by atoms with Crippen molar-refractivity contribution < 1.29 is 13.2 Å². The molecule has 1 aliphatic rings. The minimum Gasteiger partial charge on any atom is -0.494 e. The molecule has 0 saturated heterocycles. The van der Waals surface area contributed by atoms with Gasteiger partial charge in [-0.2, -0.15) is 0 Å². The Hall–Kier alpha value is -0.490. The molecular formula is C13H17Cl2NO3S. The number of methoxy groups -OCH3 is 1. The molecule has 1 fully saturated rings. The molecule has 1 aromatic rings. The molecule has 7 heteroatoms. The van der Waals surface area contributed by atoms with Gasteiger partial charge >= 0.3 is 0 Å². The van der Waals surface area contributed by atoms with Gasteiger partial charge in [-0.3, -0.25) is 0 Å². The fourth-order valence-corrected chi connectivity index (χ4v) is 4.34.